The molecule has 0 fully saturated rings. The van der Waals surface area contributed by atoms with Crippen molar-refractivity contribution in [1.82, 2.24) is 5.32 Å². The molecule has 0 aliphatic rings. The highest BCUT2D eigenvalue weighted by Crippen LogP contribution is 2.22. The van der Waals surface area contributed by atoms with Crippen LogP contribution in [0.2, 0.25) is 0 Å². The number of carbonyl (C=O) groups is 2. The lowest BCUT2D eigenvalue weighted by Crippen LogP contribution is -2.23. The van der Waals surface area contributed by atoms with Crippen LogP contribution in [-0.4, -0.2) is 18.4 Å². The zero-order chi connectivity index (χ0) is 15.2. The summed E-state index contributed by atoms with van der Waals surface area (Å²) in [4.78, 5) is 22.6. The van der Waals surface area contributed by atoms with E-state index in [0.29, 0.717) is 17.1 Å². The van der Waals surface area contributed by atoms with Crippen molar-refractivity contribution in [3.63, 3.8) is 0 Å². The van der Waals surface area contributed by atoms with Crippen molar-refractivity contribution < 1.29 is 18.7 Å². The number of benzene rings is 1. The molecule has 1 aromatic carbocycles. The van der Waals surface area contributed by atoms with Crippen LogP contribution in [0.5, 0.6) is 5.75 Å². The van der Waals surface area contributed by atoms with Gasteiger partial charge >= 0.3 is 0 Å². The van der Waals surface area contributed by atoms with E-state index in [1.165, 1.54) is 18.4 Å². The monoisotopic (exact) mass is 289 g/mol. The number of amides is 2. The van der Waals surface area contributed by atoms with Gasteiger partial charge in [-0.1, -0.05) is 0 Å². The number of carbonyl (C=O) groups excluding carboxylic acids is 2. The molecule has 2 amide bonds. The molecule has 1 aromatic heterocycles. The number of primary amides is 1. The van der Waals surface area contributed by atoms with Crippen LogP contribution in [0.15, 0.2) is 41.0 Å². The number of rotatable bonds is 6. The third-order valence-corrected chi connectivity index (χ3v) is 2.65. The maximum Gasteiger partial charge on any atom is 0.255 e. The van der Waals surface area contributed by atoms with Crippen molar-refractivity contribution >= 4 is 17.5 Å². The zero-order valence-corrected chi connectivity index (χ0v) is 11.2. The van der Waals surface area contributed by atoms with Crippen LogP contribution in [-0.2, 0) is 11.3 Å². The number of nitrogen functional groups attached to an aromatic ring is 1. The van der Waals surface area contributed by atoms with Gasteiger partial charge in [-0.2, -0.15) is 0 Å². The van der Waals surface area contributed by atoms with Gasteiger partial charge in [-0.15, -0.1) is 0 Å². The standard InChI is InChI=1S/C14H15N3O4/c15-11-6-9(3-4-12(11)21-8-13(16)18)14(19)17-7-10-2-1-5-20-10/h1-6H,7-8,15H2,(H2,16,18)(H,17,19). The molecule has 21 heavy (non-hydrogen) atoms. The second-order valence-electron chi connectivity index (χ2n) is 4.27. The maximum atomic E-state index is 11.9. The molecule has 0 saturated heterocycles. The number of ether oxygens (including phenoxy) is 1. The van der Waals surface area contributed by atoms with Crippen molar-refractivity contribution in [1.29, 1.82) is 0 Å². The van der Waals surface area contributed by atoms with E-state index in [1.807, 2.05) is 0 Å². The lowest BCUT2D eigenvalue weighted by molar-refractivity contribution is -0.119. The number of hydrogen-bond donors (Lipinski definition) is 3. The van der Waals surface area contributed by atoms with Crippen LogP contribution in [0, 0.1) is 0 Å². The highest BCUT2D eigenvalue weighted by molar-refractivity contribution is 5.95. The Bertz CT molecular complexity index is 638. The second-order valence-corrected chi connectivity index (χ2v) is 4.27. The van der Waals surface area contributed by atoms with Gasteiger partial charge < -0.3 is 25.9 Å². The third-order valence-electron chi connectivity index (χ3n) is 2.65. The Balaban J connectivity index is 1.98. The first-order chi connectivity index (χ1) is 10.1. The molecule has 0 aliphatic heterocycles. The Morgan fingerprint density at radius 3 is 2.71 bits per heavy atom. The SMILES string of the molecule is NC(=O)COc1ccc(C(=O)NCc2ccco2)cc1N. The van der Waals surface area contributed by atoms with Gasteiger partial charge in [0.05, 0.1) is 18.5 Å². The summed E-state index contributed by atoms with van der Waals surface area (Å²) < 4.78 is 10.2. The Kier molecular flexibility index (Phi) is 4.45. The molecule has 0 spiro atoms. The maximum absolute atomic E-state index is 11.9. The van der Waals surface area contributed by atoms with E-state index in [9.17, 15) is 9.59 Å². The lowest BCUT2D eigenvalue weighted by atomic mass is 10.1. The summed E-state index contributed by atoms with van der Waals surface area (Å²) in [5, 5.41) is 2.70. The fourth-order valence-corrected chi connectivity index (χ4v) is 1.65. The van der Waals surface area contributed by atoms with Crippen LogP contribution < -0.4 is 21.5 Å². The molecule has 0 atom stereocenters. The molecule has 0 unspecified atom stereocenters. The topological polar surface area (TPSA) is 121 Å². The van der Waals surface area contributed by atoms with Crippen molar-refractivity contribution in [2.45, 2.75) is 6.54 Å². The highest BCUT2D eigenvalue weighted by Gasteiger charge is 2.10. The first kappa shape index (κ1) is 14.4. The summed E-state index contributed by atoms with van der Waals surface area (Å²) >= 11 is 0. The van der Waals surface area contributed by atoms with Gasteiger partial charge in [-0.25, -0.2) is 0 Å². The summed E-state index contributed by atoms with van der Waals surface area (Å²) in [5.41, 5.74) is 11.4. The predicted molar refractivity (Wildman–Crippen MR) is 75.4 cm³/mol. The molecule has 5 N–H and O–H groups in total. The van der Waals surface area contributed by atoms with Gasteiger partial charge in [0, 0.05) is 5.56 Å². The molecule has 0 radical (unpaired) electrons. The van der Waals surface area contributed by atoms with Crippen LogP contribution in [0.1, 0.15) is 16.1 Å². The van der Waals surface area contributed by atoms with E-state index in [2.05, 4.69) is 5.32 Å². The van der Waals surface area contributed by atoms with Crippen LogP contribution >= 0.6 is 0 Å². The smallest absolute Gasteiger partial charge is 0.255 e. The van der Waals surface area contributed by atoms with Gasteiger partial charge in [0.1, 0.15) is 11.5 Å². The average molecular weight is 289 g/mol. The second kappa shape index (κ2) is 6.47. The van der Waals surface area contributed by atoms with Gasteiger partial charge in [-0.05, 0) is 30.3 Å². The summed E-state index contributed by atoms with van der Waals surface area (Å²) in [6.45, 7) is 0.0138. The van der Waals surface area contributed by atoms with Gasteiger partial charge in [0.25, 0.3) is 11.8 Å². The first-order valence-electron chi connectivity index (χ1n) is 6.17. The van der Waals surface area contributed by atoms with E-state index in [-0.39, 0.29) is 24.7 Å². The van der Waals surface area contributed by atoms with Crippen molar-refractivity contribution in [3.8, 4) is 5.75 Å². The molecule has 2 rings (SSSR count). The van der Waals surface area contributed by atoms with Crippen LogP contribution in [0.25, 0.3) is 0 Å². The molecular weight excluding hydrogens is 274 g/mol. The molecule has 0 saturated carbocycles. The Morgan fingerprint density at radius 2 is 2.10 bits per heavy atom. The molecule has 7 heteroatoms. The predicted octanol–water partition coefficient (Wildman–Crippen LogP) is 0.656. The van der Waals surface area contributed by atoms with E-state index < -0.39 is 5.91 Å². The molecule has 2 aromatic rings. The molecule has 0 bridgehead atoms. The van der Waals surface area contributed by atoms with Crippen LogP contribution in [0.4, 0.5) is 5.69 Å². The van der Waals surface area contributed by atoms with Crippen molar-refractivity contribution in [3.05, 3.63) is 47.9 Å². The highest BCUT2D eigenvalue weighted by atomic mass is 16.5. The molecule has 110 valence electrons. The molecule has 7 nitrogen and oxygen atoms in total. The minimum atomic E-state index is -0.602. The minimum Gasteiger partial charge on any atom is -0.482 e. The van der Waals surface area contributed by atoms with E-state index in [0.717, 1.165) is 0 Å². The average Bonchev–Trinajstić information content (AvgIpc) is 2.96. The Labute approximate surface area is 120 Å². The van der Waals surface area contributed by atoms with Gasteiger partial charge in [-0.3, -0.25) is 9.59 Å². The first-order valence-corrected chi connectivity index (χ1v) is 6.17. The summed E-state index contributed by atoms with van der Waals surface area (Å²) in [6.07, 6.45) is 1.53. The van der Waals surface area contributed by atoms with Crippen molar-refractivity contribution in [2.24, 2.45) is 5.73 Å². The van der Waals surface area contributed by atoms with Gasteiger partial charge in [0.2, 0.25) is 0 Å². The summed E-state index contributed by atoms with van der Waals surface area (Å²) in [6, 6.07) is 8.03. The quantitative estimate of drug-likeness (QED) is 0.674. The number of nitrogens with one attached hydrogen (secondary N) is 1. The number of nitrogens with two attached hydrogens (primary N) is 2. The number of furan rings is 1. The lowest BCUT2D eigenvalue weighted by Gasteiger charge is -2.09. The fraction of sp³-hybridized carbons (Fsp3) is 0.143. The zero-order valence-electron chi connectivity index (χ0n) is 11.2. The van der Waals surface area contributed by atoms with Crippen LogP contribution in [0.3, 0.4) is 0 Å². The molecule has 1 heterocycles. The minimum absolute atomic E-state index is 0.252. The van der Waals surface area contributed by atoms with Crippen molar-refractivity contribution in [2.75, 3.05) is 12.3 Å². The summed E-state index contributed by atoms with van der Waals surface area (Å²) in [5.74, 6) is 0.0586. The largest absolute Gasteiger partial charge is 0.482 e. The molecule has 0 aliphatic carbocycles. The van der Waals surface area contributed by atoms with Gasteiger partial charge in [0.15, 0.2) is 6.61 Å². The normalized spacial score (nSPS) is 10.1. The van der Waals surface area contributed by atoms with E-state index in [4.69, 9.17) is 20.6 Å². The third kappa shape index (κ3) is 4.00. The summed E-state index contributed by atoms with van der Waals surface area (Å²) in [7, 11) is 0. The van der Waals surface area contributed by atoms with E-state index >= 15 is 0 Å². The fourth-order valence-electron chi connectivity index (χ4n) is 1.65. The molecular formula is C14H15N3O4. The number of anilines is 1. The Morgan fingerprint density at radius 1 is 1.29 bits per heavy atom. The number of hydrogen-bond acceptors (Lipinski definition) is 5. The van der Waals surface area contributed by atoms with E-state index in [1.54, 1.807) is 18.2 Å². The Hall–Kier alpha value is -2.96.